The number of sulfone groups is 1. The first-order valence-electron chi connectivity index (χ1n) is 8.36. The third kappa shape index (κ3) is 3.69. The van der Waals surface area contributed by atoms with E-state index in [1.165, 1.54) is 24.3 Å². The zero-order valence-electron chi connectivity index (χ0n) is 15.3. The summed E-state index contributed by atoms with van der Waals surface area (Å²) >= 11 is 0. The van der Waals surface area contributed by atoms with Gasteiger partial charge in [-0.15, -0.1) is 0 Å². The highest BCUT2D eigenvalue weighted by molar-refractivity contribution is 7.90. The van der Waals surface area contributed by atoms with Gasteiger partial charge in [0.1, 0.15) is 11.9 Å². The zero-order chi connectivity index (χ0) is 20.6. The molecular formula is C20H19FN2O4S. The SMILES string of the molecule is Cc1c([C@@H](N)C(=O)O)cc(-c2ccc(S(C)(=O)=O)cc2)n1-c1ccc(F)cc1. The van der Waals surface area contributed by atoms with Crippen LogP contribution in [0.4, 0.5) is 4.39 Å². The smallest absolute Gasteiger partial charge is 0.325 e. The van der Waals surface area contributed by atoms with E-state index >= 15 is 0 Å². The van der Waals surface area contributed by atoms with Crippen LogP contribution in [-0.2, 0) is 14.6 Å². The highest BCUT2D eigenvalue weighted by Crippen LogP contribution is 2.32. The highest BCUT2D eigenvalue weighted by atomic mass is 32.2. The Balaban J connectivity index is 2.23. The highest BCUT2D eigenvalue weighted by Gasteiger charge is 2.23. The van der Waals surface area contributed by atoms with Crippen molar-refractivity contribution in [2.45, 2.75) is 17.9 Å². The average molecular weight is 402 g/mol. The summed E-state index contributed by atoms with van der Waals surface area (Å²) < 4.78 is 38.5. The Morgan fingerprint density at radius 1 is 1.11 bits per heavy atom. The fraction of sp³-hybridized carbons (Fsp3) is 0.150. The molecule has 0 saturated heterocycles. The molecule has 0 saturated carbocycles. The van der Waals surface area contributed by atoms with Crippen LogP contribution in [0, 0.1) is 12.7 Å². The number of benzene rings is 2. The predicted molar refractivity (Wildman–Crippen MR) is 104 cm³/mol. The number of nitrogens with two attached hydrogens (primary N) is 1. The van der Waals surface area contributed by atoms with Crippen LogP contribution in [0.3, 0.4) is 0 Å². The van der Waals surface area contributed by atoms with Crippen molar-refractivity contribution in [3.05, 3.63) is 71.7 Å². The van der Waals surface area contributed by atoms with Crippen LogP contribution < -0.4 is 5.73 Å². The molecule has 1 atom stereocenters. The van der Waals surface area contributed by atoms with Crippen LogP contribution in [-0.4, -0.2) is 30.3 Å². The first-order valence-corrected chi connectivity index (χ1v) is 10.3. The molecule has 0 unspecified atom stereocenters. The number of carboxylic acid groups (broad SMARTS) is 1. The van der Waals surface area contributed by atoms with Gasteiger partial charge in [0.15, 0.2) is 9.84 Å². The number of hydrogen-bond donors (Lipinski definition) is 2. The van der Waals surface area contributed by atoms with Crippen LogP contribution in [0.2, 0.25) is 0 Å². The molecule has 1 aromatic heterocycles. The van der Waals surface area contributed by atoms with E-state index in [0.29, 0.717) is 28.2 Å². The zero-order valence-corrected chi connectivity index (χ0v) is 16.1. The second-order valence-corrected chi connectivity index (χ2v) is 8.51. The molecule has 0 bridgehead atoms. The Labute approximate surface area is 162 Å². The van der Waals surface area contributed by atoms with Gasteiger partial charge in [-0.2, -0.15) is 0 Å². The molecule has 3 rings (SSSR count). The molecule has 0 aliphatic heterocycles. The predicted octanol–water partition coefficient (Wildman–Crippen LogP) is 3.08. The second kappa shape index (κ2) is 7.21. The van der Waals surface area contributed by atoms with Crippen LogP contribution in [0.15, 0.2) is 59.5 Å². The molecule has 146 valence electrons. The molecule has 28 heavy (non-hydrogen) atoms. The number of carboxylic acids is 1. The van der Waals surface area contributed by atoms with E-state index in [-0.39, 0.29) is 4.90 Å². The average Bonchev–Trinajstić information content (AvgIpc) is 2.98. The quantitative estimate of drug-likeness (QED) is 0.683. The third-order valence-corrected chi connectivity index (χ3v) is 5.68. The lowest BCUT2D eigenvalue weighted by molar-refractivity contribution is -0.138. The number of halogens is 1. The molecule has 2 aromatic carbocycles. The molecule has 6 nitrogen and oxygen atoms in total. The molecule has 3 aromatic rings. The number of carbonyl (C=O) groups is 1. The summed E-state index contributed by atoms with van der Waals surface area (Å²) in [6, 6.07) is 12.5. The maximum absolute atomic E-state index is 13.4. The summed E-state index contributed by atoms with van der Waals surface area (Å²) in [5.41, 5.74) is 8.77. The van der Waals surface area contributed by atoms with E-state index in [1.54, 1.807) is 41.8 Å². The van der Waals surface area contributed by atoms with Crippen molar-refractivity contribution < 1.29 is 22.7 Å². The van der Waals surface area contributed by atoms with E-state index in [2.05, 4.69) is 0 Å². The van der Waals surface area contributed by atoms with Gasteiger partial charge in [-0.1, -0.05) is 12.1 Å². The maximum atomic E-state index is 13.4. The van der Waals surface area contributed by atoms with Crippen molar-refractivity contribution in [2.75, 3.05) is 6.26 Å². The standard InChI is InChI=1S/C20H19FN2O4S/c1-12-17(19(22)20(24)25)11-18(23(12)15-7-5-14(21)6-8-15)13-3-9-16(10-4-13)28(2,26)27/h3-11,19H,22H2,1-2H3,(H,24,25)/t19-/m1/s1. The fourth-order valence-corrected chi connectivity index (χ4v) is 3.71. The molecule has 0 aliphatic carbocycles. The van der Waals surface area contributed by atoms with Crippen LogP contribution in [0.5, 0.6) is 0 Å². The summed E-state index contributed by atoms with van der Waals surface area (Å²) in [5.74, 6) is -1.56. The minimum Gasteiger partial charge on any atom is -0.480 e. The Kier molecular flexibility index (Phi) is 5.10. The third-order valence-electron chi connectivity index (χ3n) is 4.55. The summed E-state index contributed by atoms with van der Waals surface area (Å²) in [7, 11) is -3.34. The van der Waals surface area contributed by atoms with Gasteiger partial charge >= 0.3 is 5.97 Å². The first kappa shape index (κ1) is 19.8. The lowest BCUT2D eigenvalue weighted by Gasteiger charge is -2.13. The number of aliphatic carboxylic acids is 1. The Morgan fingerprint density at radius 2 is 1.68 bits per heavy atom. The Morgan fingerprint density at radius 3 is 2.18 bits per heavy atom. The summed E-state index contributed by atoms with van der Waals surface area (Å²) in [4.78, 5) is 11.6. The van der Waals surface area contributed by atoms with E-state index in [0.717, 1.165) is 6.26 Å². The van der Waals surface area contributed by atoms with Gasteiger partial charge in [0.05, 0.1) is 10.6 Å². The molecule has 0 fully saturated rings. The topological polar surface area (TPSA) is 102 Å². The molecule has 8 heteroatoms. The van der Waals surface area contributed by atoms with Crippen molar-refractivity contribution in [3.63, 3.8) is 0 Å². The Bertz CT molecular complexity index is 1130. The molecule has 0 spiro atoms. The van der Waals surface area contributed by atoms with Gasteiger partial charge in [-0.05, 0) is 55.0 Å². The fourth-order valence-electron chi connectivity index (χ4n) is 3.08. The van der Waals surface area contributed by atoms with E-state index < -0.39 is 27.7 Å². The summed E-state index contributed by atoms with van der Waals surface area (Å²) in [6.07, 6.45) is 1.12. The number of rotatable bonds is 5. The molecule has 0 amide bonds. The van der Waals surface area contributed by atoms with E-state index in [4.69, 9.17) is 5.73 Å². The lowest BCUT2D eigenvalue weighted by Crippen LogP contribution is -2.21. The normalized spacial score (nSPS) is 12.7. The van der Waals surface area contributed by atoms with Crippen LogP contribution in [0.1, 0.15) is 17.3 Å². The van der Waals surface area contributed by atoms with Crippen molar-refractivity contribution in [2.24, 2.45) is 5.73 Å². The minimum absolute atomic E-state index is 0.176. The lowest BCUT2D eigenvalue weighted by atomic mass is 10.1. The monoisotopic (exact) mass is 402 g/mol. The molecule has 1 heterocycles. The van der Waals surface area contributed by atoms with Gasteiger partial charge in [-0.25, -0.2) is 12.8 Å². The maximum Gasteiger partial charge on any atom is 0.325 e. The van der Waals surface area contributed by atoms with Crippen molar-refractivity contribution in [3.8, 4) is 16.9 Å². The van der Waals surface area contributed by atoms with Crippen molar-refractivity contribution in [1.29, 1.82) is 0 Å². The van der Waals surface area contributed by atoms with Crippen LogP contribution >= 0.6 is 0 Å². The van der Waals surface area contributed by atoms with Crippen molar-refractivity contribution >= 4 is 15.8 Å². The van der Waals surface area contributed by atoms with Gasteiger partial charge in [0.2, 0.25) is 0 Å². The van der Waals surface area contributed by atoms with Gasteiger partial charge in [-0.3, -0.25) is 4.79 Å². The number of aromatic nitrogens is 1. The largest absolute Gasteiger partial charge is 0.480 e. The van der Waals surface area contributed by atoms with E-state index in [9.17, 15) is 22.7 Å². The summed E-state index contributed by atoms with van der Waals surface area (Å²) in [6.45, 7) is 1.73. The second-order valence-electron chi connectivity index (χ2n) is 6.49. The van der Waals surface area contributed by atoms with Crippen molar-refractivity contribution in [1.82, 2.24) is 4.57 Å². The molecule has 0 radical (unpaired) electrons. The van der Waals surface area contributed by atoms with Gasteiger partial charge in [0, 0.05) is 23.2 Å². The Hall–Kier alpha value is -2.97. The minimum atomic E-state index is -3.34. The molecular weight excluding hydrogens is 383 g/mol. The molecule has 0 aliphatic rings. The van der Waals surface area contributed by atoms with Gasteiger partial charge < -0.3 is 15.4 Å². The summed E-state index contributed by atoms with van der Waals surface area (Å²) in [5, 5.41) is 9.31. The van der Waals surface area contributed by atoms with Crippen LogP contribution in [0.25, 0.3) is 16.9 Å². The number of hydrogen-bond acceptors (Lipinski definition) is 4. The molecule has 3 N–H and O–H groups in total. The van der Waals surface area contributed by atoms with Gasteiger partial charge in [0.25, 0.3) is 0 Å². The number of nitrogens with zero attached hydrogens (tertiary/aromatic N) is 1. The first-order chi connectivity index (χ1) is 13.1. The van der Waals surface area contributed by atoms with E-state index in [1.807, 2.05) is 0 Å².